The van der Waals surface area contributed by atoms with Crippen molar-refractivity contribution in [2.75, 3.05) is 13.2 Å². The van der Waals surface area contributed by atoms with Gasteiger partial charge in [0.2, 0.25) is 0 Å². The van der Waals surface area contributed by atoms with E-state index in [-0.39, 0.29) is 17.8 Å². The van der Waals surface area contributed by atoms with E-state index in [9.17, 15) is 10.2 Å². The molecule has 0 aliphatic rings. The summed E-state index contributed by atoms with van der Waals surface area (Å²) in [6, 6.07) is 5.14. The Morgan fingerprint density at radius 1 is 0.700 bits per heavy atom. The van der Waals surface area contributed by atoms with Crippen molar-refractivity contribution in [2.24, 2.45) is 0 Å². The number of phenols is 2. The topological polar surface area (TPSA) is 58.9 Å². The minimum absolute atomic E-state index is 0.00459. The zero-order valence-corrected chi connectivity index (χ0v) is 19.5. The predicted molar refractivity (Wildman–Crippen MR) is 125 cm³/mol. The molecule has 0 spiro atoms. The van der Waals surface area contributed by atoms with Crippen molar-refractivity contribution in [3.63, 3.8) is 0 Å². The molecule has 4 nitrogen and oxygen atoms in total. The minimum atomic E-state index is -0.171. The van der Waals surface area contributed by atoms with Crippen LogP contribution in [0.4, 0.5) is 0 Å². The summed E-state index contributed by atoms with van der Waals surface area (Å²) < 4.78 is 12.1. The highest BCUT2D eigenvalue weighted by Crippen LogP contribution is 2.29. The van der Waals surface area contributed by atoms with Crippen molar-refractivity contribution in [3.8, 4) is 11.5 Å². The van der Waals surface area contributed by atoms with E-state index < -0.39 is 0 Å². The summed E-state index contributed by atoms with van der Waals surface area (Å²) in [5.74, 6) is -0.0576. The molecular formula is C26H46O4. The normalized spacial score (nSPS) is 11.4. The van der Waals surface area contributed by atoms with Gasteiger partial charge in [-0.2, -0.15) is 0 Å². The second-order valence-corrected chi connectivity index (χ2v) is 8.38. The average Bonchev–Trinajstić information content (AvgIpc) is 2.74. The van der Waals surface area contributed by atoms with Crippen LogP contribution in [0.1, 0.15) is 109 Å². The number of para-hydroxylation sites is 1. The lowest BCUT2D eigenvalue weighted by Crippen LogP contribution is -2.19. The zero-order chi connectivity index (χ0) is 21.9. The number of aromatic hydroxyl groups is 2. The summed E-state index contributed by atoms with van der Waals surface area (Å²) in [6.45, 7) is 5.99. The summed E-state index contributed by atoms with van der Waals surface area (Å²) in [5.41, 5.74) is 0.778. The Morgan fingerprint density at radius 2 is 1.23 bits per heavy atom. The van der Waals surface area contributed by atoms with Gasteiger partial charge in [0.25, 0.3) is 0 Å². The Labute approximate surface area is 185 Å². The van der Waals surface area contributed by atoms with Crippen molar-refractivity contribution in [2.45, 2.75) is 116 Å². The highest BCUT2D eigenvalue weighted by Gasteiger charge is 2.11. The van der Waals surface area contributed by atoms with Crippen molar-refractivity contribution in [3.05, 3.63) is 23.8 Å². The first-order valence-electron chi connectivity index (χ1n) is 12.4. The summed E-state index contributed by atoms with van der Waals surface area (Å²) in [6.07, 6.45) is 17.3. The van der Waals surface area contributed by atoms with Gasteiger partial charge in [0.15, 0.2) is 17.8 Å². The Kier molecular flexibility index (Phi) is 16.5. The summed E-state index contributed by atoms with van der Waals surface area (Å²) >= 11 is 0. The van der Waals surface area contributed by atoms with E-state index in [1.54, 1.807) is 6.07 Å². The highest BCUT2D eigenvalue weighted by atomic mass is 16.7. The number of unbranched alkanes of at least 4 members (excludes halogenated alkanes) is 10. The lowest BCUT2D eigenvalue weighted by Gasteiger charge is -2.19. The van der Waals surface area contributed by atoms with Gasteiger partial charge in [-0.15, -0.1) is 0 Å². The third-order valence-electron chi connectivity index (χ3n) is 5.59. The average molecular weight is 423 g/mol. The Bertz CT molecular complexity index is 500. The van der Waals surface area contributed by atoms with E-state index in [2.05, 4.69) is 13.8 Å². The molecule has 0 saturated heterocycles. The standard InChI is InChI=1S/C26H46O4/c1-3-5-7-9-11-13-21-29-25(30-22-14-12-10-8-6-4-2)20-16-18-23-17-15-19-24(27)26(23)28/h15,17,19,25,27-28H,3-14,16,18,20-22H2,1-2H3. The second kappa shape index (κ2) is 18.5. The third kappa shape index (κ3) is 13.1. The van der Waals surface area contributed by atoms with Gasteiger partial charge in [-0.05, 0) is 43.7 Å². The van der Waals surface area contributed by atoms with E-state index in [4.69, 9.17) is 9.47 Å². The van der Waals surface area contributed by atoms with Crippen molar-refractivity contribution in [1.29, 1.82) is 0 Å². The van der Waals surface area contributed by atoms with E-state index in [1.165, 1.54) is 70.3 Å². The number of ether oxygens (including phenoxy) is 2. The maximum atomic E-state index is 9.97. The maximum absolute atomic E-state index is 9.97. The van der Waals surface area contributed by atoms with Crippen LogP contribution < -0.4 is 0 Å². The molecular weight excluding hydrogens is 376 g/mol. The Morgan fingerprint density at radius 3 is 1.80 bits per heavy atom. The van der Waals surface area contributed by atoms with E-state index in [0.29, 0.717) is 6.42 Å². The second-order valence-electron chi connectivity index (χ2n) is 8.38. The molecule has 1 aromatic carbocycles. The zero-order valence-electron chi connectivity index (χ0n) is 19.5. The molecule has 0 heterocycles. The first kappa shape index (κ1) is 26.8. The van der Waals surface area contributed by atoms with Crippen LogP contribution in [0.15, 0.2) is 18.2 Å². The molecule has 0 bridgehead atoms. The SMILES string of the molecule is CCCCCCCCOC(CCCc1cccc(O)c1O)OCCCCCCCC. The van der Waals surface area contributed by atoms with Gasteiger partial charge >= 0.3 is 0 Å². The van der Waals surface area contributed by atoms with E-state index >= 15 is 0 Å². The lowest BCUT2D eigenvalue weighted by molar-refractivity contribution is -0.147. The quantitative estimate of drug-likeness (QED) is 0.130. The smallest absolute Gasteiger partial charge is 0.160 e. The van der Waals surface area contributed by atoms with Gasteiger partial charge in [0, 0.05) is 13.2 Å². The van der Waals surface area contributed by atoms with Crippen LogP contribution in [0.3, 0.4) is 0 Å². The first-order valence-corrected chi connectivity index (χ1v) is 12.4. The molecule has 0 aliphatic heterocycles. The minimum Gasteiger partial charge on any atom is -0.504 e. The Balaban J connectivity index is 2.30. The molecule has 0 atom stereocenters. The Hall–Kier alpha value is -1.26. The number of rotatable bonds is 20. The number of aryl methyl sites for hydroxylation is 1. The molecule has 1 aromatic rings. The van der Waals surface area contributed by atoms with Crippen LogP contribution in [-0.4, -0.2) is 29.7 Å². The molecule has 0 aliphatic carbocycles. The largest absolute Gasteiger partial charge is 0.504 e. The molecule has 1 rings (SSSR count). The highest BCUT2D eigenvalue weighted by molar-refractivity contribution is 5.44. The predicted octanol–water partition coefficient (Wildman–Crippen LogP) is 7.50. The van der Waals surface area contributed by atoms with Crippen molar-refractivity contribution >= 4 is 0 Å². The summed E-state index contributed by atoms with van der Waals surface area (Å²) in [7, 11) is 0. The van der Waals surface area contributed by atoms with Crippen LogP contribution in [-0.2, 0) is 15.9 Å². The molecule has 0 aromatic heterocycles. The van der Waals surface area contributed by atoms with Crippen LogP contribution in [0.2, 0.25) is 0 Å². The molecule has 2 N–H and O–H groups in total. The summed E-state index contributed by atoms with van der Waals surface area (Å²) in [5, 5.41) is 19.6. The first-order chi connectivity index (χ1) is 14.7. The fourth-order valence-electron chi connectivity index (χ4n) is 3.65. The number of benzene rings is 1. The lowest BCUT2D eigenvalue weighted by atomic mass is 10.1. The molecule has 0 unspecified atom stereocenters. The van der Waals surface area contributed by atoms with Crippen molar-refractivity contribution < 1.29 is 19.7 Å². The van der Waals surface area contributed by atoms with Crippen molar-refractivity contribution in [1.82, 2.24) is 0 Å². The number of hydrogen-bond acceptors (Lipinski definition) is 4. The van der Waals surface area contributed by atoms with E-state index in [1.807, 2.05) is 6.07 Å². The van der Waals surface area contributed by atoms with Gasteiger partial charge < -0.3 is 19.7 Å². The van der Waals surface area contributed by atoms with Gasteiger partial charge in [0.05, 0.1) is 0 Å². The van der Waals surface area contributed by atoms with Crippen LogP contribution in [0.25, 0.3) is 0 Å². The van der Waals surface area contributed by atoms with Gasteiger partial charge in [-0.25, -0.2) is 0 Å². The molecule has 0 amide bonds. The van der Waals surface area contributed by atoms with Gasteiger partial charge in [-0.3, -0.25) is 0 Å². The molecule has 174 valence electrons. The van der Waals surface area contributed by atoms with Gasteiger partial charge in [0.1, 0.15) is 0 Å². The fraction of sp³-hybridized carbons (Fsp3) is 0.769. The number of hydrogen-bond donors (Lipinski definition) is 2. The van der Waals surface area contributed by atoms with Crippen LogP contribution in [0.5, 0.6) is 11.5 Å². The maximum Gasteiger partial charge on any atom is 0.160 e. The third-order valence-corrected chi connectivity index (χ3v) is 5.59. The fourth-order valence-corrected chi connectivity index (χ4v) is 3.65. The van der Waals surface area contributed by atoms with Crippen LogP contribution >= 0.6 is 0 Å². The molecule has 0 fully saturated rings. The molecule has 4 heteroatoms. The molecule has 0 radical (unpaired) electrons. The monoisotopic (exact) mass is 422 g/mol. The van der Waals surface area contributed by atoms with E-state index in [0.717, 1.165) is 44.5 Å². The number of phenolic OH excluding ortho intramolecular Hbond substituents is 2. The summed E-state index contributed by atoms with van der Waals surface area (Å²) in [4.78, 5) is 0. The van der Waals surface area contributed by atoms with Gasteiger partial charge in [-0.1, -0.05) is 90.2 Å². The molecule has 0 saturated carbocycles. The van der Waals surface area contributed by atoms with Crippen LogP contribution in [0, 0.1) is 0 Å². The molecule has 30 heavy (non-hydrogen) atoms.